The van der Waals surface area contributed by atoms with E-state index in [2.05, 4.69) is 5.32 Å². The molecule has 0 unspecified atom stereocenters. The molecule has 0 radical (unpaired) electrons. The fourth-order valence-corrected chi connectivity index (χ4v) is 5.26. The third kappa shape index (κ3) is 4.51. The summed E-state index contributed by atoms with van der Waals surface area (Å²) >= 11 is 0. The van der Waals surface area contributed by atoms with Crippen molar-refractivity contribution in [2.45, 2.75) is 25.0 Å². The van der Waals surface area contributed by atoms with Crippen LogP contribution in [0.2, 0.25) is 0 Å². The molecule has 0 saturated carbocycles. The summed E-state index contributed by atoms with van der Waals surface area (Å²) in [6.07, 6.45) is 1.54. The molecule has 2 aliphatic heterocycles. The SMILES string of the molecule is COc1cc(OC)c([C@H]2C(C(C)=O)=CN3C(=O)[C@H](NC(=O)c4ccccc4)[C@@H](c4ccccc4)N23)c(OC)c1. The van der Waals surface area contributed by atoms with Crippen LogP contribution in [0.25, 0.3) is 0 Å². The van der Waals surface area contributed by atoms with Crippen LogP contribution in [0.1, 0.15) is 40.5 Å². The van der Waals surface area contributed by atoms with Crippen LogP contribution in [0, 0.1) is 0 Å². The summed E-state index contributed by atoms with van der Waals surface area (Å²) in [5.74, 6) is 0.437. The summed E-state index contributed by atoms with van der Waals surface area (Å²) in [4.78, 5) is 40.1. The first kappa shape index (κ1) is 26.0. The van der Waals surface area contributed by atoms with Crippen LogP contribution in [0.3, 0.4) is 0 Å². The van der Waals surface area contributed by atoms with Gasteiger partial charge in [0, 0.05) is 29.5 Å². The van der Waals surface area contributed by atoms with Crippen molar-refractivity contribution in [2.24, 2.45) is 0 Å². The molecule has 0 spiro atoms. The van der Waals surface area contributed by atoms with Crippen molar-refractivity contribution in [1.82, 2.24) is 15.3 Å². The predicted molar refractivity (Wildman–Crippen MR) is 143 cm³/mol. The van der Waals surface area contributed by atoms with E-state index in [9.17, 15) is 14.4 Å². The Morgan fingerprint density at radius 3 is 1.97 bits per heavy atom. The average molecular weight is 528 g/mol. The van der Waals surface area contributed by atoms with E-state index in [4.69, 9.17) is 14.2 Å². The lowest BCUT2D eigenvalue weighted by molar-refractivity contribution is -0.134. The van der Waals surface area contributed by atoms with E-state index < -0.39 is 18.1 Å². The van der Waals surface area contributed by atoms with E-state index in [1.165, 1.54) is 33.3 Å². The highest BCUT2D eigenvalue weighted by molar-refractivity contribution is 6.01. The number of Topliss-reactive ketones (excluding diaryl/α,β-unsaturated/α-hetero) is 1. The second kappa shape index (κ2) is 10.6. The van der Waals surface area contributed by atoms with Gasteiger partial charge >= 0.3 is 0 Å². The number of hydrazine groups is 1. The lowest BCUT2D eigenvalue weighted by Crippen LogP contribution is -2.43. The first-order chi connectivity index (χ1) is 18.9. The zero-order valence-corrected chi connectivity index (χ0v) is 22.1. The number of ketones is 1. The van der Waals surface area contributed by atoms with E-state index in [1.807, 2.05) is 41.4 Å². The Balaban J connectivity index is 1.67. The molecule has 39 heavy (non-hydrogen) atoms. The van der Waals surface area contributed by atoms with Crippen molar-refractivity contribution in [1.29, 1.82) is 0 Å². The van der Waals surface area contributed by atoms with Crippen LogP contribution in [-0.4, -0.2) is 55.0 Å². The highest BCUT2D eigenvalue weighted by Gasteiger charge is 2.56. The molecule has 9 heteroatoms. The molecule has 2 aliphatic rings. The Morgan fingerprint density at radius 1 is 0.846 bits per heavy atom. The topological polar surface area (TPSA) is 97.4 Å². The van der Waals surface area contributed by atoms with Crippen molar-refractivity contribution < 1.29 is 28.6 Å². The van der Waals surface area contributed by atoms with Gasteiger partial charge in [-0.1, -0.05) is 48.5 Å². The normalized spacial score (nSPS) is 20.3. The van der Waals surface area contributed by atoms with Crippen LogP contribution in [0.5, 0.6) is 17.2 Å². The van der Waals surface area contributed by atoms with Gasteiger partial charge in [-0.05, 0) is 24.6 Å². The molecule has 1 fully saturated rings. The summed E-state index contributed by atoms with van der Waals surface area (Å²) < 4.78 is 16.9. The Morgan fingerprint density at radius 2 is 1.44 bits per heavy atom. The van der Waals surface area contributed by atoms with Gasteiger partial charge in [-0.15, -0.1) is 0 Å². The van der Waals surface area contributed by atoms with Crippen molar-refractivity contribution in [3.8, 4) is 17.2 Å². The van der Waals surface area contributed by atoms with Crippen LogP contribution in [0.15, 0.2) is 84.6 Å². The summed E-state index contributed by atoms with van der Waals surface area (Å²) in [6, 6.07) is 19.3. The quantitative estimate of drug-likeness (QED) is 0.475. The molecule has 0 aliphatic carbocycles. The third-order valence-corrected chi connectivity index (χ3v) is 7.06. The van der Waals surface area contributed by atoms with Gasteiger partial charge in [0.2, 0.25) is 0 Å². The number of amides is 2. The maximum Gasteiger partial charge on any atom is 0.265 e. The van der Waals surface area contributed by atoms with E-state index >= 15 is 0 Å². The number of benzene rings is 3. The number of carbonyl (C=O) groups excluding carboxylic acids is 3. The van der Waals surface area contributed by atoms with Gasteiger partial charge in [0.05, 0.1) is 39.0 Å². The van der Waals surface area contributed by atoms with Gasteiger partial charge in [0.25, 0.3) is 11.8 Å². The summed E-state index contributed by atoms with van der Waals surface area (Å²) in [5.41, 5.74) is 2.18. The van der Waals surface area contributed by atoms with Crippen molar-refractivity contribution >= 4 is 17.6 Å². The van der Waals surface area contributed by atoms with Crippen LogP contribution in [0.4, 0.5) is 0 Å². The number of fused-ring (bicyclic) bond motifs is 1. The molecule has 3 aromatic rings. The fourth-order valence-electron chi connectivity index (χ4n) is 5.26. The molecule has 0 aromatic heterocycles. The van der Waals surface area contributed by atoms with E-state index in [0.29, 0.717) is 33.9 Å². The number of carbonyl (C=O) groups is 3. The number of nitrogens with zero attached hydrogens (tertiary/aromatic N) is 2. The zero-order chi connectivity index (χ0) is 27.7. The molecular weight excluding hydrogens is 498 g/mol. The number of nitrogens with one attached hydrogen (secondary N) is 1. The molecule has 5 rings (SSSR count). The van der Waals surface area contributed by atoms with E-state index in [1.54, 1.807) is 42.6 Å². The van der Waals surface area contributed by atoms with Gasteiger partial charge in [-0.25, -0.2) is 5.01 Å². The van der Waals surface area contributed by atoms with Gasteiger partial charge < -0.3 is 19.5 Å². The van der Waals surface area contributed by atoms with Crippen molar-refractivity contribution in [3.63, 3.8) is 0 Å². The number of hydrogen-bond acceptors (Lipinski definition) is 7. The highest BCUT2D eigenvalue weighted by Crippen LogP contribution is 2.52. The fraction of sp³-hybridized carbons (Fsp3) is 0.233. The Hall–Kier alpha value is -4.63. The number of rotatable bonds is 8. The van der Waals surface area contributed by atoms with Crippen molar-refractivity contribution in [3.05, 3.63) is 101 Å². The van der Waals surface area contributed by atoms with Gasteiger partial charge in [0.1, 0.15) is 23.3 Å². The second-order valence-corrected chi connectivity index (χ2v) is 9.22. The molecule has 3 aromatic carbocycles. The number of hydrogen-bond donors (Lipinski definition) is 1. The van der Waals surface area contributed by atoms with E-state index in [-0.39, 0.29) is 17.6 Å². The molecule has 2 heterocycles. The van der Waals surface area contributed by atoms with E-state index in [0.717, 1.165) is 5.56 Å². The maximum absolute atomic E-state index is 13.9. The van der Waals surface area contributed by atoms with Gasteiger partial charge in [-0.3, -0.25) is 14.4 Å². The molecular formula is C30H29N3O6. The molecule has 200 valence electrons. The summed E-state index contributed by atoms with van der Waals surface area (Å²) in [7, 11) is 4.58. The monoisotopic (exact) mass is 527 g/mol. The minimum absolute atomic E-state index is 0.209. The Bertz CT molecular complexity index is 1410. The Kier molecular flexibility index (Phi) is 7.08. The Labute approximate surface area is 226 Å². The van der Waals surface area contributed by atoms with Crippen LogP contribution >= 0.6 is 0 Å². The summed E-state index contributed by atoms with van der Waals surface area (Å²) in [5, 5.41) is 6.19. The molecule has 1 saturated heterocycles. The van der Waals surface area contributed by atoms with Crippen molar-refractivity contribution in [2.75, 3.05) is 21.3 Å². The minimum atomic E-state index is -0.928. The highest BCUT2D eigenvalue weighted by atomic mass is 16.5. The third-order valence-electron chi connectivity index (χ3n) is 7.06. The van der Waals surface area contributed by atoms with Gasteiger partial charge in [-0.2, -0.15) is 5.01 Å². The van der Waals surface area contributed by atoms with Gasteiger partial charge in [0.15, 0.2) is 5.78 Å². The molecule has 3 atom stereocenters. The standard InChI is InChI=1S/C30H29N3O6/c1-18(34)22-17-32-30(36)26(31-29(35)20-13-9-6-10-14-20)27(19-11-7-5-8-12-19)33(32)28(22)25-23(38-3)15-21(37-2)16-24(25)39-4/h5-17,26-28H,1-4H3,(H,31,35)/t26-,27-,28-/m1/s1. The molecule has 0 bridgehead atoms. The molecule has 1 N–H and O–H groups in total. The second-order valence-electron chi connectivity index (χ2n) is 9.22. The maximum atomic E-state index is 13.9. The minimum Gasteiger partial charge on any atom is -0.496 e. The number of ether oxygens (including phenoxy) is 3. The first-order valence-electron chi connectivity index (χ1n) is 12.4. The smallest absolute Gasteiger partial charge is 0.265 e. The lowest BCUT2D eigenvalue weighted by Gasteiger charge is -2.34. The van der Waals surface area contributed by atoms with Crippen LogP contribution < -0.4 is 19.5 Å². The molecule has 9 nitrogen and oxygen atoms in total. The summed E-state index contributed by atoms with van der Waals surface area (Å²) in [6.45, 7) is 1.46. The largest absolute Gasteiger partial charge is 0.496 e. The zero-order valence-electron chi connectivity index (χ0n) is 22.1. The van der Waals surface area contributed by atoms with Crippen LogP contribution in [-0.2, 0) is 9.59 Å². The predicted octanol–water partition coefficient (Wildman–Crippen LogP) is 3.84. The molecule has 2 amide bonds. The lowest BCUT2D eigenvalue weighted by atomic mass is 9.91. The average Bonchev–Trinajstić information content (AvgIpc) is 3.48. The first-order valence-corrected chi connectivity index (χ1v) is 12.4. The number of methoxy groups -OCH3 is 3.